The van der Waals surface area contributed by atoms with Crippen LogP contribution in [-0.2, 0) is 0 Å². The third kappa shape index (κ3) is 3.35. The Bertz CT molecular complexity index is 254. The molecular weight excluding hydrogens is 170 g/mol. The fourth-order valence-electron chi connectivity index (χ4n) is 1.02. The lowest BCUT2D eigenvalue weighted by molar-refractivity contribution is 0.242. The predicted molar refractivity (Wildman–Crippen MR) is 65.4 cm³/mol. The molecule has 14 heavy (non-hydrogen) atoms. The van der Waals surface area contributed by atoms with E-state index in [0.717, 1.165) is 0 Å². The molecule has 0 aliphatic carbocycles. The smallest absolute Gasteiger partial charge is 0.0398 e. The highest BCUT2D eigenvalue weighted by molar-refractivity contribution is 5.32. The van der Waals surface area contributed by atoms with E-state index in [1.165, 1.54) is 5.57 Å². The third-order valence-electron chi connectivity index (χ3n) is 2.57. The van der Waals surface area contributed by atoms with Gasteiger partial charge in [0.15, 0.2) is 0 Å². The zero-order valence-corrected chi connectivity index (χ0v) is 9.75. The van der Waals surface area contributed by atoms with E-state index in [9.17, 15) is 0 Å². The van der Waals surface area contributed by atoms with E-state index in [1.807, 2.05) is 18.2 Å². The summed E-state index contributed by atoms with van der Waals surface area (Å²) in [7, 11) is 4.13. The summed E-state index contributed by atoms with van der Waals surface area (Å²) < 4.78 is 0. The summed E-state index contributed by atoms with van der Waals surface area (Å²) in [4.78, 5) is 2.17. The van der Waals surface area contributed by atoms with Crippen LogP contribution < -0.4 is 0 Å². The van der Waals surface area contributed by atoms with Crippen molar-refractivity contribution in [3.8, 4) is 0 Å². The molecule has 78 valence electrons. The minimum atomic E-state index is 0.00720. The van der Waals surface area contributed by atoms with E-state index in [0.29, 0.717) is 0 Å². The quantitative estimate of drug-likeness (QED) is 0.603. The van der Waals surface area contributed by atoms with Crippen molar-refractivity contribution in [1.82, 2.24) is 4.90 Å². The van der Waals surface area contributed by atoms with Crippen LogP contribution in [0, 0.1) is 0 Å². The lowest BCUT2D eigenvalue weighted by Gasteiger charge is -2.33. The number of nitrogens with zero attached hydrogens (tertiary/aromatic N) is 1. The summed E-state index contributed by atoms with van der Waals surface area (Å²) in [5.74, 6) is 0. The fraction of sp³-hybridized carbons (Fsp3) is 0.385. The number of hydrogen-bond acceptors (Lipinski definition) is 1. The van der Waals surface area contributed by atoms with Gasteiger partial charge in [-0.3, -0.25) is 0 Å². The van der Waals surface area contributed by atoms with Gasteiger partial charge in [0, 0.05) is 5.54 Å². The van der Waals surface area contributed by atoms with Gasteiger partial charge in [0.25, 0.3) is 0 Å². The van der Waals surface area contributed by atoms with Crippen molar-refractivity contribution < 1.29 is 0 Å². The van der Waals surface area contributed by atoms with Gasteiger partial charge in [0.2, 0.25) is 0 Å². The molecule has 0 aromatic carbocycles. The van der Waals surface area contributed by atoms with E-state index < -0.39 is 0 Å². The molecule has 0 unspecified atom stereocenters. The Morgan fingerprint density at radius 2 is 1.71 bits per heavy atom. The molecule has 0 atom stereocenters. The van der Waals surface area contributed by atoms with Crippen LogP contribution in [-0.4, -0.2) is 24.5 Å². The van der Waals surface area contributed by atoms with Crippen LogP contribution in [0.1, 0.15) is 13.8 Å². The van der Waals surface area contributed by atoms with E-state index in [2.05, 4.69) is 52.1 Å². The Morgan fingerprint density at radius 1 is 1.14 bits per heavy atom. The Hall–Kier alpha value is -1.08. The predicted octanol–water partition coefficient (Wildman–Crippen LogP) is 3.18. The van der Waals surface area contributed by atoms with Crippen molar-refractivity contribution in [2.75, 3.05) is 14.1 Å². The minimum Gasteiger partial charge on any atom is -0.300 e. The molecule has 0 aliphatic heterocycles. The van der Waals surface area contributed by atoms with Crippen molar-refractivity contribution in [3.63, 3.8) is 0 Å². The highest BCUT2D eigenvalue weighted by Crippen LogP contribution is 2.22. The van der Waals surface area contributed by atoms with Crippen LogP contribution in [0.2, 0.25) is 0 Å². The van der Waals surface area contributed by atoms with Crippen molar-refractivity contribution in [2.45, 2.75) is 19.4 Å². The topological polar surface area (TPSA) is 3.24 Å². The normalized spacial score (nSPS) is 13.6. The Kier molecular flexibility index (Phi) is 5.18. The monoisotopic (exact) mass is 191 g/mol. The zero-order chi connectivity index (χ0) is 11.2. The summed E-state index contributed by atoms with van der Waals surface area (Å²) in [6.45, 7) is 11.8. The minimum absolute atomic E-state index is 0.00720. The molecule has 0 rings (SSSR count). The van der Waals surface area contributed by atoms with Gasteiger partial charge < -0.3 is 4.90 Å². The summed E-state index contributed by atoms with van der Waals surface area (Å²) in [6, 6.07) is 0. The first kappa shape index (κ1) is 12.9. The van der Waals surface area contributed by atoms with Crippen molar-refractivity contribution >= 4 is 0 Å². The average Bonchev–Trinajstić information content (AvgIpc) is 2.12. The lowest BCUT2D eigenvalue weighted by Crippen LogP contribution is -2.39. The van der Waals surface area contributed by atoms with Gasteiger partial charge in [-0.15, -0.1) is 0 Å². The molecule has 0 radical (unpaired) electrons. The second kappa shape index (κ2) is 5.61. The van der Waals surface area contributed by atoms with Crippen molar-refractivity contribution in [3.05, 3.63) is 49.1 Å². The summed E-state index contributed by atoms with van der Waals surface area (Å²) >= 11 is 0. The first-order chi connectivity index (χ1) is 6.46. The summed E-state index contributed by atoms with van der Waals surface area (Å²) in [6.07, 6.45) is 9.62. The molecule has 0 aliphatic rings. The van der Waals surface area contributed by atoms with Gasteiger partial charge >= 0.3 is 0 Å². The van der Waals surface area contributed by atoms with Crippen LogP contribution in [0.25, 0.3) is 0 Å². The molecule has 0 saturated heterocycles. The second-order valence-electron chi connectivity index (χ2n) is 3.90. The van der Waals surface area contributed by atoms with Crippen LogP contribution in [0.15, 0.2) is 49.1 Å². The maximum atomic E-state index is 3.83. The van der Waals surface area contributed by atoms with E-state index >= 15 is 0 Å². The standard InChI is InChI=1S/C13H21N/c1-7-9-10-11-12(8-2)13(3,4)14(5)6/h7-11H,1-2H2,3-6H3/b10-9-,12-11+. The molecule has 1 nitrogen and oxygen atoms in total. The largest absolute Gasteiger partial charge is 0.300 e. The fourth-order valence-corrected chi connectivity index (χ4v) is 1.02. The molecule has 0 aromatic rings. The van der Waals surface area contributed by atoms with Crippen LogP contribution in [0.5, 0.6) is 0 Å². The number of hydrogen-bond donors (Lipinski definition) is 0. The molecule has 0 aromatic heterocycles. The lowest BCUT2D eigenvalue weighted by atomic mass is 9.92. The van der Waals surface area contributed by atoms with Crippen molar-refractivity contribution in [2.24, 2.45) is 0 Å². The van der Waals surface area contributed by atoms with Crippen LogP contribution in [0.3, 0.4) is 0 Å². The summed E-state index contributed by atoms with van der Waals surface area (Å²) in [5.41, 5.74) is 1.20. The molecular formula is C13H21N. The second-order valence-corrected chi connectivity index (χ2v) is 3.90. The number of allylic oxidation sites excluding steroid dienone is 4. The van der Waals surface area contributed by atoms with E-state index in [-0.39, 0.29) is 5.54 Å². The Labute approximate surface area is 88.1 Å². The molecule has 0 amide bonds. The van der Waals surface area contributed by atoms with Gasteiger partial charge in [-0.1, -0.05) is 43.5 Å². The molecule has 0 saturated carbocycles. The van der Waals surface area contributed by atoms with Crippen molar-refractivity contribution in [1.29, 1.82) is 0 Å². The molecule has 0 N–H and O–H groups in total. The van der Waals surface area contributed by atoms with Crippen LogP contribution >= 0.6 is 0 Å². The van der Waals surface area contributed by atoms with E-state index in [4.69, 9.17) is 0 Å². The van der Waals surface area contributed by atoms with Gasteiger partial charge in [-0.05, 0) is 33.5 Å². The van der Waals surface area contributed by atoms with Gasteiger partial charge in [-0.25, -0.2) is 0 Å². The first-order valence-corrected chi connectivity index (χ1v) is 4.76. The molecule has 1 heteroatoms. The molecule has 0 fully saturated rings. The highest BCUT2D eigenvalue weighted by atomic mass is 15.1. The summed E-state index contributed by atoms with van der Waals surface area (Å²) in [5, 5.41) is 0. The van der Waals surface area contributed by atoms with Crippen LogP contribution in [0.4, 0.5) is 0 Å². The molecule has 0 heterocycles. The van der Waals surface area contributed by atoms with Gasteiger partial charge in [0.05, 0.1) is 0 Å². The maximum absolute atomic E-state index is 3.83. The highest BCUT2D eigenvalue weighted by Gasteiger charge is 2.22. The molecule has 0 spiro atoms. The van der Waals surface area contributed by atoms with Gasteiger partial charge in [0.1, 0.15) is 0 Å². The number of rotatable bonds is 5. The number of likely N-dealkylation sites (N-methyl/N-ethyl adjacent to an activating group) is 1. The third-order valence-corrected chi connectivity index (χ3v) is 2.57. The zero-order valence-electron chi connectivity index (χ0n) is 9.75. The van der Waals surface area contributed by atoms with Gasteiger partial charge in [-0.2, -0.15) is 0 Å². The molecule has 0 bridgehead atoms. The maximum Gasteiger partial charge on any atom is 0.0398 e. The van der Waals surface area contributed by atoms with E-state index in [1.54, 1.807) is 6.08 Å². The Balaban J connectivity index is 4.88. The Morgan fingerprint density at radius 3 is 2.07 bits per heavy atom. The average molecular weight is 191 g/mol. The SMILES string of the molecule is C=C/C=C\C=C(/C=C)C(C)(C)N(C)C. The first-order valence-electron chi connectivity index (χ1n) is 4.76.